The van der Waals surface area contributed by atoms with Crippen molar-refractivity contribution in [1.29, 1.82) is 0 Å². The molecule has 1 fully saturated rings. The van der Waals surface area contributed by atoms with Crippen LogP contribution in [-0.2, 0) is 19.2 Å². The van der Waals surface area contributed by atoms with Gasteiger partial charge in [0.05, 0.1) is 0 Å². The van der Waals surface area contributed by atoms with Gasteiger partial charge in [-0.15, -0.1) is 0 Å². The summed E-state index contributed by atoms with van der Waals surface area (Å²) in [5.41, 5.74) is 0. The molecule has 22 heavy (non-hydrogen) atoms. The fourth-order valence-electron chi connectivity index (χ4n) is 2.29. The van der Waals surface area contributed by atoms with Gasteiger partial charge in [-0.05, 0) is 25.7 Å². The van der Waals surface area contributed by atoms with Crippen molar-refractivity contribution < 1.29 is 19.2 Å². The highest BCUT2D eigenvalue weighted by molar-refractivity contribution is 5.92. The number of hydrogen-bond donors (Lipinski definition) is 4. The molecule has 4 N–H and O–H groups in total. The number of nitrogens with one attached hydrogen (secondary N) is 4. The molecule has 4 amide bonds. The Morgan fingerprint density at radius 2 is 1.91 bits per heavy atom. The van der Waals surface area contributed by atoms with Gasteiger partial charge >= 0.3 is 0 Å². The van der Waals surface area contributed by atoms with Crippen LogP contribution in [0.15, 0.2) is 0 Å². The number of amides is 4. The van der Waals surface area contributed by atoms with E-state index >= 15 is 0 Å². The average Bonchev–Trinajstić information content (AvgIpc) is 2.47. The van der Waals surface area contributed by atoms with Crippen molar-refractivity contribution in [3.63, 3.8) is 0 Å². The second kappa shape index (κ2) is 9.01. The molecule has 124 valence electrons. The maximum atomic E-state index is 12.3. The maximum Gasteiger partial charge on any atom is 0.243 e. The molecule has 1 saturated heterocycles. The standard InChI is InChI=1S/C14H24N4O4/c1-9(19)17-11-6-7-12(20)16-8-4-3-5-10(13(21)15-2)18-14(11)22/h10-11H,3-8H2,1-2H3,(H,15,21)(H,16,20)(H,17,19)(H,18,22)/t10-,11-/m0/s1. The van der Waals surface area contributed by atoms with E-state index in [0.29, 0.717) is 19.4 Å². The minimum atomic E-state index is -0.824. The zero-order valence-corrected chi connectivity index (χ0v) is 13.0. The highest BCUT2D eigenvalue weighted by atomic mass is 16.2. The molecule has 0 radical (unpaired) electrons. The van der Waals surface area contributed by atoms with Crippen molar-refractivity contribution in [3.05, 3.63) is 0 Å². The Kier molecular flexibility index (Phi) is 7.34. The van der Waals surface area contributed by atoms with Gasteiger partial charge in [0.25, 0.3) is 0 Å². The molecule has 8 heteroatoms. The number of hydrogen-bond acceptors (Lipinski definition) is 4. The molecule has 0 aromatic rings. The second-order valence-corrected chi connectivity index (χ2v) is 5.31. The number of likely N-dealkylation sites (N-methyl/N-ethyl adjacent to an activating group) is 1. The van der Waals surface area contributed by atoms with Crippen molar-refractivity contribution >= 4 is 23.6 Å². The van der Waals surface area contributed by atoms with Crippen molar-refractivity contribution in [3.8, 4) is 0 Å². The minimum absolute atomic E-state index is 0.142. The van der Waals surface area contributed by atoms with Crippen LogP contribution in [0, 0.1) is 0 Å². The SMILES string of the molecule is CNC(=O)[C@@H]1CCCCNC(=O)CC[C@H](NC(C)=O)C(=O)N1. The predicted molar refractivity (Wildman–Crippen MR) is 79.7 cm³/mol. The molecule has 8 nitrogen and oxygen atoms in total. The quantitative estimate of drug-likeness (QED) is 0.512. The minimum Gasteiger partial charge on any atom is -0.357 e. The van der Waals surface area contributed by atoms with E-state index in [2.05, 4.69) is 21.3 Å². The third kappa shape index (κ3) is 6.11. The van der Waals surface area contributed by atoms with E-state index in [0.717, 1.165) is 6.42 Å². The smallest absolute Gasteiger partial charge is 0.243 e. The van der Waals surface area contributed by atoms with E-state index < -0.39 is 18.0 Å². The lowest BCUT2D eigenvalue weighted by Crippen LogP contribution is -2.53. The summed E-state index contributed by atoms with van der Waals surface area (Å²) < 4.78 is 0. The van der Waals surface area contributed by atoms with E-state index in [-0.39, 0.29) is 30.6 Å². The summed E-state index contributed by atoms with van der Waals surface area (Å²) in [4.78, 5) is 46.9. The van der Waals surface area contributed by atoms with Crippen LogP contribution in [0.2, 0.25) is 0 Å². The molecule has 0 unspecified atom stereocenters. The van der Waals surface area contributed by atoms with Crippen molar-refractivity contribution in [2.75, 3.05) is 13.6 Å². The summed E-state index contributed by atoms with van der Waals surface area (Å²) >= 11 is 0. The average molecular weight is 312 g/mol. The van der Waals surface area contributed by atoms with E-state index in [1.807, 2.05) is 0 Å². The Morgan fingerprint density at radius 1 is 1.18 bits per heavy atom. The third-order valence-electron chi connectivity index (χ3n) is 3.48. The number of carbonyl (C=O) groups is 4. The summed E-state index contributed by atoms with van der Waals surface area (Å²) in [7, 11) is 1.51. The first kappa shape index (κ1) is 17.9. The van der Waals surface area contributed by atoms with Crippen LogP contribution in [-0.4, -0.2) is 49.3 Å². The van der Waals surface area contributed by atoms with Gasteiger partial charge in [0.2, 0.25) is 23.6 Å². The normalized spacial score (nSPS) is 24.1. The Morgan fingerprint density at radius 3 is 2.55 bits per heavy atom. The molecule has 1 aliphatic rings. The van der Waals surface area contributed by atoms with Gasteiger partial charge in [0, 0.05) is 26.9 Å². The van der Waals surface area contributed by atoms with Crippen molar-refractivity contribution in [1.82, 2.24) is 21.3 Å². The van der Waals surface area contributed by atoms with E-state index in [4.69, 9.17) is 0 Å². The van der Waals surface area contributed by atoms with Gasteiger partial charge in [-0.2, -0.15) is 0 Å². The highest BCUT2D eigenvalue weighted by Crippen LogP contribution is 2.06. The summed E-state index contributed by atoms with van der Waals surface area (Å²) in [6.45, 7) is 1.84. The van der Waals surface area contributed by atoms with Gasteiger partial charge in [-0.25, -0.2) is 0 Å². The topological polar surface area (TPSA) is 116 Å². The summed E-state index contributed by atoms with van der Waals surface area (Å²) in [6, 6.07) is -1.46. The van der Waals surface area contributed by atoms with Crippen LogP contribution in [0.5, 0.6) is 0 Å². The Balaban J connectivity index is 2.82. The zero-order chi connectivity index (χ0) is 16.5. The molecule has 0 aromatic carbocycles. The first-order valence-electron chi connectivity index (χ1n) is 7.49. The first-order chi connectivity index (χ1) is 10.4. The monoisotopic (exact) mass is 312 g/mol. The largest absolute Gasteiger partial charge is 0.357 e. The summed E-state index contributed by atoms with van der Waals surface area (Å²) in [5.74, 6) is -1.22. The third-order valence-corrected chi connectivity index (χ3v) is 3.48. The van der Waals surface area contributed by atoms with Gasteiger partial charge in [0.1, 0.15) is 12.1 Å². The molecule has 0 saturated carbocycles. The van der Waals surface area contributed by atoms with Crippen molar-refractivity contribution in [2.24, 2.45) is 0 Å². The molecule has 1 rings (SSSR count). The summed E-state index contributed by atoms with van der Waals surface area (Å²) in [5, 5.41) is 10.5. The van der Waals surface area contributed by atoms with E-state index in [1.165, 1.54) is 14.0 Å². The Bertz CT molecular complexity index is 439. The van der Waals surface area contributed by atoms with Crippen LogP contribution in [0.1, 0.15) is 39.0 Å². The molecule has 1 aliphatic heterocycles. The van der Waals surface area contributed by atoms with Gasteiger partial charge < -0.3 is 21.3 Å². The molecule has 0 bridgehead atoms. The fraction of sp³-hybridized carbons (Fsp3) is 0.714. The van der Waals surface area contributed by atoms with E-state index in [9.17, 15) is 19.2 Å². The lowest BCUT2D eigenvalue weighted by Gasteiger charge is -2.23. The Hall–Kier alpha value is -2.12. The van der Waals surface area contributed by atoms with Gasteiger partial charge in [0.15, 0.2) is 0 Å². The first-order valence-corrected chi connectivity index (χ1v) is 7.49. The number of carbonyl (C=O) groups excluding carboxylic acids is 4. The van der Waals surface area contributed by atoms with Gasteiger partial charge in [-0.1, -0.05) is 0 Å². The second-order valence-electron chi connectivity index (χ2n) is 5.31. The van der Waals surface area contributed by atoms with Crippen LogP contribution < -0.4 is 21.3 Å². The molecular formula is C14H24N4O4. The number of rotatable bonds is 2. The molecule has 0 spiro atoms. The van der Waals surface area contributed by atoms with Crippen LogP contribution in [0.3, 0.4) is 0 Å². The Labute approximate surface area is 129 Å². The predicted octanol–water partition coefficient (Wildman–Crippen LogP) is -1.20. The molecule has 0 aliphatic carbocycles. The zero-order valence-electron chi connectivity index (χ0n) is 13.0. The lowest BCUT2D eigenvalue weighted by molar-refractivity contribution is -0.132. The summed E-state index contributed by atoms with van der Waals surface area (Å²) in [6.07, 6.45) is 2.25. The molecule has 0 aromatic heterocycles. The maximum absolute atomic E-state index is 12.3. The highest BCUT2D eigenvalue weighted by Gasteiger charge is 2.26. The van der Waals surface area contributed by atoms with Crippen LogP contribution in [0.4, 0.5) is 0 Å². The van der Waals surface area contributed by atoms with Crippen LogP contribution >= 0.6 is 0 Å². The van der Waals surface area contributed by atoms with Gasteiger partial charge in [-0.3, -0.25) is 19.2 Å². The van der Waals surface area contributed by atoms with E-state index in [1.54, 1.807) is 0 Å². The molecule has 1 heterocycles. The van der Waals surface area contributed by atoms with Crippen LogP contribution in [0.25, 0.3) is 0 Å². The molecule has 2 atom stereocenters. The lowest BCUT2D eigenvalue weighted by atomic mass is 10.0. The molecular weight excluding hydrogens is 288 g/mol. The fourth-order valence-corrected chi connectivity index (χ4v) is 2.29. The van der Waals surface area contributed by atoms with Crippen molar-refractivity contribution in [2.45, 2.75) is 51.1 Å².